The van der Waals surface area contributed by atoms with Crippen LogP contribution in [-0.4, -0.2) is 72.5 Å². The van der Waals surface area contributed by atoms with Crippen molar-refractivity contribution >= 4 is 5.91 Å². The first-order chi connectivity index (χ1) is 19.8. The Balaban J connectivity index is 1.55. The van der Waals surface area contributed by atoms with Crippen LogP contribution in [-0.2, 0) is 4.79 Å². The van der Waals surface area contributed by atoms with E-state index in [1.165, 1.54) is 0 Å². The van der Waals surface area contributed by atoms with Crippen molar-refractivity contribution in [2.75, 3.05) is 39.3 Å². The van der Waals surface area contributed by atoms with E-state index in [0.29, 0.717) is 49.2 Å². The van der Waals surface area contributed by atoms with Crippen LogP contribution in [0, 0.1) is 57.7 Å². The lowest BCUT2D eigenvalue weighted by Gasteiger charge is -2.69. The van der Waals surface area contributed by atoms with Crippen LogP contribution >= 0.6 is 0 Å². The highest BCUT2D eigenvalue weighted by Crippen LogP contribution is 2.74. The molecule has 0 spiro atoms. The fourth-order valence-electron chi connectivity index (χ4n) is 11.4. The molecule has 0 radical (unpaired) electrons. The maximum Gasteiger partial charge on any atom is 0.223 e. The van der Waals surface area contributed by atoms with Gasteiger partial charge in [0.2, 0.25) is 5.91 Å². The van der Waals surface area contributed by atoms with Crippen molar-refractivity contribution in [3.8, 4) is 0 Å². The van der Waals surface area contributed by atoms with Crippen molar-refractivity contribution in [2.45, 2.75) is 118 Å². The predicted octanol–water partition coefficient (Wildman–Crippen LogP) is 4.39. The van der Waals surface area contributed by atoms with E-state index in [9.17, 15) is 15.0 Å². The zero-order valence-corrected chi connectivity index (χ0v) is 27.9. The molecule has 7 N–H and O–H groups in total. The summed E-state index contributed by atoms with van der Waals surface area (Å²) in [4.78, 5) is 16.2. The maximum atomic E-state index is 14.0. The van der Waals surface area contributed by atoms with Gasteiger partial charge in [0.15, 0.2) is 0 Å². The number of nitrogens with zero attached hydrogens (tertiary/aromatic N) is 1. The Hall–Kier alpha value is -0.730. The van der Waals surface area contributed by atoms with Gasteiger partial charge in [-0.3, -0.25) is 9.69 Å². The summed E-state index contributed by atoms with van der Waals surface area (Å²) in [5.41, 5.74) is 11.8. The SMILES string of the molecule is CC(C)CCC[C@H](C(=O)NCCN(CCN)CCN)[C@@H]1CC[C@@]2(C)[C@H]1C[C@@H](O)[C@H]1[C@@]3(C)CC[C@@H](O)[C@@H](C)[C@@H]3CC[C@@]12C. The summed E-state index contributed by atoms with van der Waals surface area (Å²) in [6.45, 7) is 18.4. The fourth-order valence-corrected chi connectivity index (χ4v) is 11.4. The largest absolute Gasteiger partial charge is 0.393 e. The summed E-state index contributed by atoms with van der Waals surface area (Å²) in [5.74, 6) is 2.53. The number of fused-ring (bicyclic) bond motifs is 5. The minimum absolute atomic E-state index is 0.00262. The summed E-state index contributed by atoms with van der Waals surface area (Å²) in [6.07, 6.45) is 9.76. The van der Waals surface area contributed by atoms with Crippen molar-refractivity contribution in [2.24, 2.45) is 69.1 Å². The lowest BCUT2D eigenvalue weighted by Crippen LogP contribution is -2.66. The second-order valence-corrected chi connectivity index (χ2v) is 16.2. The van der Waals surface area contributed by atoms with Crippen LogP contribution in [0.15, 0.2) is 0 Å². The third kappa shape index (κ3) is 6.21. The van der Waals surface area contributed by atoms with Crippen LogP contribution in [0.3, 0.4) is 0 Å². The van der Waals surface area contributed by atoms with Crippen LogP contribution in [0.25, 0.3) is 0 Å². The van der Waals surface area contributed by atoms with E-state index < -0.39 is 0 Å². The Bertz CT molecular complexity index is 895. The van der Waals surface area contributed by atoms with E-state index in [1.54, 1.807) is 0 Å². The number of aliphatic hydroxyl groups excluding tert-OH is 2. The van der Waals surface area contributed by atoms with Gasteiger partial charge in [-0.25, -0.2) is 0 Å². The zero-order chi connectivity index (χ0) is 30.9. The summed E-state index contributed by atoms with van der Waals surface area (Å²) in [7, 11) is 0. The standard InChI is InChI=1S/C35H66N4O3/c1-23(2)8-7-9-26(32(42)38-18-21-39(19-16-36)20-17-37)25-10-14-34(5)28(25)22-30(41)31-33(4)13-12-29(40)24(3)27(33)11-15-35(31,34)6/h23-31,40-41H,7-22,36-37H2,1-6H3,(H,38,42)/t24-,25-,26-,27-,28-,29+,30+,31-,33-,34-,35-/m0/s1. The number of hydrogen-bond acceptors (Lipinski definition) is 6. The van der Waals surface area contributed by atoms with Crippen molar-refractivity contribution in [3.63, 3.8) is 0 Å². The first-order valence-corrected chi connectivity index (χ1v) is 17.6. The van der Waals surface area contributed by atoms with Crippen LogP contribution in [0.1, 0.15) is 106 Å². The second-order valence-electron chi connectivity index (χ2n) is 16.2. The highest BCUT2D eigenvalue weighted by molar-refractivity contribution is 5.79. The molecule has 0 aromatic carbocycles. The second kappa shape index (κ2) is 13.7. The van der Waals surface area contributed by atoms with Gasteiger partial charge in [-0.05, 0) is 103 Å². The van der Waals surface area contributed by atoms with Crippen molar-refractivity contribution in [3.05, 3.63) is 0 Å². The summed E-state index contributed by atoms with van der Waals surface area (Å²) >= 11 is 0. The van der Waals surface area contributed by atoms with Gasteiger partial charge in [0, 0.05) is 45.2 Å². The van der Waals surface area contributed by atoms with Crippen molar-refractivity contribution in [1.82, 2.24) is 10.2 Å². The summed E-state index contributed by atoms with van der Waals surface area (Å²) in [5, 5.41) is 26.2. The molecular weight excluding hydrogens is 524 g/mol. The highest BCUT2D eigenvalue weighted by Gasteiger charge is 2.70. The predicted molar refractivity (Wildman–Crippen MR) is 172 cm³/mol. The number of hydrogen-bond donors (Lipinski definition) is 5. The molecule has 0 saturated heterocycles. The van der Waals surface area contributed by atoms with E-state index in [0.717, 1.165) is 83.8 Å². The molecule has 4 rings (SSSR count). The molecular formula is C35H66N4O3. The number of amides is 1. The average molecular weight is 591 g/mol. The Labute approximate surface area is 257 Å². The molecule has 42 heavy (non-hydrogen) atoms. The van der Waals surface area contributed by atoms with E-state index in [4.69, 9.17) is 11.5 Å². The van der Waals surface area contributed by atoms with Gasteiger partial charge in [-0.1, -0.05) is 54.4 Å². The molecule has 4 aliphatic carbocycles. The molecule has 11 atom stereocenters. The van der Waals surface area contributed by atoms with E-state index in [2.05, 4.69) is 51.8 Å². The van der Waals surface area contributed by atoms with Gasteiger partial charge < -0.3 is 27.0 Å². The van der Waals surface area contributed by atoms with Gasteiger partial charge in [0.25, 0.3) is 0 Å². The molecule has 0 aromatic rings. The lowest BCUT2D eigenvalue weighted by atomic mass is 9.36. The molecule has 0 aromatic heterocycles. The number of carbonyl (C=O) groups excluding carboxylic acids is 1. The third-order valence-electron chi connectivity index (χ3n) is 13.7. The number of rotatable bonds is 13. The van der Waals surface area contributed by atoms with E-state index >= 15 is 0 Å². The van der Waals surface area contributed by atoms with Crippen LogP contribution in [0.2, 0.25) is 0 Å². The summed E-state index contributed by atoms with van der Waals surface area (Å²) < 4.78 is 0. The molecule has 244 valence electrons. The number of carbonyl (C=O) groups is 1. The molecule has 0 bridgehead atoms. The highest BCUT2D eigenvalue weighted by atomic mass is 16.3. The molecule has 0 heterocycles. The first kappa shape index (κ1) is 34.1. The van der Waals surface area contributed by atoms with E-state index in [-0.39, 0.29) is 46.2 Å². The molecule has 4 aliphatic rings. The van der Waals surface area contributed by atoms with Crippen LogP contribution < -0.4 is 16.8 Å². The monoisotopic (exact) mass is 591 g/mol. The third-order valence-corrected chi connectivity index (χ3v) is 13.7. The molecule has 0 unspecified atom stereocenters. The van der Waals surface area contributed by atoms with Gasteiger partial charge >= 0.3 is 0 Å². The normalized spacial score (nSPS) is 42.2. The average Bonchev–Trinajstić information content (AvgIpc) is 3.26. The topological polar surface area (TPSA) is 125 Å². The lowest BCUT2D eigenvalue weighted by molar-refractivity contribution is -0.239. The fraction of sp³-hybridized carbons (Fsp3) is 0.971. The quantitative estimate of drug-likeness (QED) is 0.217. The van der Waals surface area contributed by atoms with E-state index in [1.807, 2.05) is 0 Å². The molecule has 0 aliphatic heterocycles. The number of aliphatic hydroxyl groups is 2. The Kier molecular flexibility index (Phi) is 11.2. The molecule has 7 nitrogen and oxygen atoms in total. The van der Waals surface area contributed by atoms with Gasteiger partial charge in [0.05, 0.1) is 12.2 Å². The van der Waals surface area contributed by atoms with Gasteiger partial charge in [-0.15, -0.1) is 0 Å². The summed E-state index contributed by atoms with van der Waals surface area (Å²) in [6, 6.07) is 0. The zero-order valence-electron chi connectivity index (χ0n) is 27.9. The minimum Gasteiger partial charge on any atom is -0.393 e. The molecule has 4 saturated carbocycles. The first-order valence-electron chi connectivity index (χ1n) is 17.6. The van der Waals surface area contributed by atoms with Crippen molar-refractivity contribution < 1.29 is 15.0 Å². The Morgan fingerprint density at radius 3 is 2.21 bits per heavy atom. The van der Waals surface area contributed by atoms with Crippen molar-refractivity contribution in [1.29, 1.82) is 0 Å². The van der Waals surface area contributed by atoms with Gasteiger partial charge in [-0.2, -0.15) is 0 Å². The maximum absolute atomic E-state index is 14.0. The number of nitrogens with one attached hydrogen (secondary N) is 1. The molecule has 1 amide bonds. The minimum atomic E-state index is -0.343. The Morgan fingerprint density at radius 1 is 0.905 bits per heavy atom. The Morgan fingerprint density at radius 2 is 1.57 bits per heavy atom. The molecule has 4 fully saturated rings. The van der Waals surface area contributed by atoms with Crippen LogP contribution in [0.5, 0.6) is 0 Å². The smallest absolute Gasteiger partial charge is 0.223 e. The molecule has 7 heteroatoms. The van der Waals surface area contributed by atoms with Gasteiger partial charge in [0.1, 0.15) is 0 Å². The van der Waals surface area contributed by atoms with Crippen LogP contribution in [0.4, 0.5) is 0 Å². The number of nitrogens with two attached hydrogens (primary N) is 2.